The third-order valence-electron chi connectivity index (χ3n) is 1.68. The molecule has 2 rings (SSSR count). The van der Waals surface area contributed by atoms with Crippen molar-refractivity contribution in [3.8, 4) is 0 Å². The summed E-state index contributed by atoms with van der Waals surface area (Å²) in [6.45, 7) is -3.75. The molecule has 1 aromatic heterocycles. The summed E-state index contributed by atoms with van der Waals surface area (Å²) < 4.78 is 57.7. The van der Waals surface area contributed by atoms with Crippen LogP contribution in [-0.2, 0) is 4.74 Å². The molecule has 1 saturated heterocycles. The SMILES string of the molecule is [2H]C1([2H])[C@]([2H])(n2cnc(N)nc2=O)O[C@]([2H])(C([2H])([2H])O)[C@@]1([2H])O. The first-order chi connectivity index (χ1) is 10.1. The molecule has 0 aliphatic carbocycles. The van der Waals surface area contributed by atoms with Crippen LogP contribution in [0.5, 0.6) is 0 Å². The Hall–Kier alpha value is -1.51. The monoisotopic (exact) mass is 235 g/mol. The Labute approximate surface area is 100 Å². The average molecular weight is 235 g/mol. The van der Waals surface area contributed by atoms with E-state index in [9.17, 15) is 15.0 Å². The van der Waals surface area contributed by atoms with Gasteiger partial charge in [-0.2, -0.15) is 4.98 Å². The molecule has 0 spiro atoms. The first-order valence-corrected chi connectivity index (χ1v) is 3.98. The highest BCUT2D eigenvalue weighted by molar-refractivity contribution is 5.09. The van der Waals surface area contributed by atoms with Gasteiger partial charge < -0.3 is 20.7 Å². The summed E-state index contributed by atoms with van der Waals surface area (Å²) in [7, 11) is 0. The Kier molecular flexibility index (Phi) is 1.36. The molecule has 0 radical (unpaired) electrons. The lowest BCUT2D eigenvalue weighted by atomic mass is 10.2. The van der Waals surface area contributed by atoms with Crippen molar-refractivity contribution >= 4 is 5.95 Å². The minimum Gasteiger partial charge on any atom is -0.394 e. The van der Waals surface area contributed by atoms with Gasteiger partial charge in [0.25, 0.3) is 0 Å². The van der Waals surface area contributed by atoms with E-state index in [0.29, 0.717) is 6.33 Å². The Morgan fingerprint density at radius 2 is 2.69 bits per heavy atom. The van der Waals surface area contributed by atoms with Crippen LogP contribution in [0.15, 0.2) is 11.1 Å². The van der Waals surface area contributed by atoms with E-state index < -0.39 is 42.9 Å². The van der Waals surface area contributed by atoms with Crippen LogP contribution in [0, 0.1) is 0 Å². The van der Waals surface area contributed by atoms with Crippen LogP contribution in [0.1, 0.15) is 22.2 Å². The van der Waals surface area contributed by atoms with E-state index >= 15 is 0 Å². The fourth-order valence-corrected chi connectivity index (χ4v) is 1.00. The minimum absolute atomic E-state index is 0.0882. The predicted molar refractivity (Wildman–Crippen MR) is 52.3 cm³/mol. The molecule has 0 amide bonds. The van der Waals surface area contributed by atoms with Crippen molar-refractivity contribution in [3.05, 3.63) is 16.8 Å². The maximum absolute atomic E-state index is 11.8. The van der Waals surface area contributed by atoms with Crippen LogP contribution in [0.25, 0.3) is 0 Å². The second-order valence-electron chi connectivity index (χ2n) is 2.69. The lowest BCUT2D eigenvalue weighted by Gasteiger charge is -2.13. The summed E-state index contributed by atoms with van der Waals surface area (Å²) in [6.07, 6.45) is -13.8. The number of hydrogen-bond donors (Lipinski definition) is 3. The summed E-state index contributed by atoms with van der Waals surface area (Å²) in [4.78, 5) is 18.3. The largest absolute Gasteiger partial charge is 0.394 e. The number of aliphatic hydroxyl groups is 2. The van der Waals surface area contributed by atoms with Crippen molar-refractivity contribution in [2.24, 2.45) is 0 Å². The molecule has 8 heteroatoms. The van der Waals surface area contributed by atoms with Gasteiger partial charge in [-0.25, -0.2) is 9.78 Å². The average Bonchev–Trinajstić information content (AvgIpc) is 2.46. The van der Waals surface area contributed by atoms with Gasteiger partial charge in [0.2, 0.25) is 5.95 Å². The van der Waals surface area contributed by atoms with Gasteiger partial charge in [0.15, 0.2) is 0 Å². The van der Waals surface area contributed by atoms with Gasteiger partial charge in [-0.3, -0.25) is 4.57 Å². The zero-order valence-electron chi connectivity index (χ0n) is 14.7. The summed E-state index contributed by atoms with van der Waals surface area (Å²) in [6, 6.07) is 0. The van der Waals surface area contributed by atoms with E-state index in [-0.39, 0.29) is 4.57 Å². The summed E-state index contributed by atoms with van der Waals surface area (Å²) >= 11 is 0. The van der Waals surface area contributed by atoms with Gasteiger partial charge in [0.05, 0.1) is 19.5 Å². The zero-order chi connectivity index (χ0) is 18.1. The topological polar surface area (TPSA) is 123 Å². The van der Waals surface area contributed by atoms with E-state index in [2.05, 4.69) is 14.7 Å². The molecule has 3 atom stereocenters. The Bertz CT molecular complexity index is 706. The number of anilines is 1. The summed E-state index contributed by atoms with van der Waals surface area (Å²) in [5.74, 6) is -0.510. The van der Waals surface area contributed by atoms with E-state index in [1.54, 1.807) is 0 Å². The van der Waals surface area contributed by atoms with Gasteiger partial charge in [-0.1, -0.05) is 0 Å². The molecule has 88 valence electrons. The molecule has 8 nitrogen and oxygen atoms in total. The third kappa shape index (κ3) is 1.90. The molecule has 0 bridgehead atoms. The second-order valence-corrected chi connectivity index (χ2v) is 2.69. The van der Waals surface area contributed by atoms with Crippen LogP contribution >= 0.6 is 0 Å². The molecule has 4 N–H and O–H groups in total. The van der Waals surface area contributed by atoms with Crippen LogP contribution < -0.4 is 11.4 Å². The quantitative estimate of drug-likeness (QED) is 0.534. The Balaban J connectivity index is 2.76. The number of aromatic nitrogens is 3. The van der Waals surface area contributed by atoms with E-state index in [0.717, 1.165) is 0 Å². The van der Waals surface area contributed by atoms with Crippen LogP contribution in [0.4, 0.5) is 5.95 Å². The number of nitrogens with two attached hydrogens (primary N) is 1. The van der Waals surface area contributed by atoms with Gasteiger partial charge in [0, 0.05) is 9.11 Å². The zero-order valence-corrected chi connectivity index (χ0v) is 7.71. The highest BCUT2D eigenvalue weighted by atomic mass is 16.5. The number of nitrogen functional groups attached to an aromatic ring is 1. The Morgan fingerprint density at radius 3 is 3.25 bits per heavy atom. The maximum Gasteiger partial charge on any atom is 0.354 e. The highest BCUT2D eigenvalue weighted by Gasteiger charge is 2.35. The van der Waals surface area contributed by atoms with Crippen molar-refractivity contribution in [2.75, 3.05) is 12.3 Å². The lowest BCUT2D eigenvalue weighted by Crippen LogP contribution is -2.28. The minimum atomic E-state index is -3.78. The predicted octanol–water partition coefficient (Wildman–Crippen LogP) is -2.14. The molecule has 0 unspecified atom stereocenters. The van der Waals surface area contributed by atoms with E-state index in [4.69, 9.17) is 15.3 Å². The fourth-order valence-electron chi connectivity index (χ4n) is 1.00. The molecule has 0 aromatic carbocycles. The van der Waals surface area contributed by atoms with E-state index in [1.807, 2.05) is 0 Å². The maximum atomic E-state index is 11.8. The number of rotatable bonds is 2. The van der Waals surface area contributed by atoms with Crippen LogP contribution in [0.2, 0.25) is 0 Å². The Morgan fingerprint density at radius 1 is 1.94 bits per heavy atom. The molecule has 2 heterocycles. The number of ether oxygens (including phenoxy) is 1. The van der Waals surface area contributed by atoms with Crippen molar-refractivity contribution in [1.82, 2.24) is 14.5 Å². The van der Waals surface area contributed by atoms with Crippen molar-refractivity contribution in [2.45, 2.75) is 24.7 Å². The lowest BCUT2D eigenvalue weighted by molar-refractivity contribution is -0.0462. The first-order valence-electron chi connectivity index (χ1n) is 7.48. The normalized spacial score (nSPS) is 53.8. The molecule has 1 aliphatic heterocycles. The standard InChI is InChI=1S/C8H12N4O4/c9-7-10-3-12(8(15)11-7)6-1-4(14)5(2-13)16-6/h3-6,13-14H,1-2H2,(H2,9,11,15)/t4-,5+,6+/m0/s1/i1D2,2D2,4D,5D,6D. The van der Waals surface area contributed by atoms with Crippen LogP contribution in [0.3, 0.4) is 0 Å². The summed E-state index contributed by atoms with van der Waals surface area (Å²) in [5, 5.41) is 19.4. The molecular weight excluding hydrogens is 216 g/mol. The molecule has 1 aromatic rings. The van der Waals surface area contributed by atoms with Crippen LogP contribution in [-0.4, -0.2) is 43.5 Å². The smallest absolute Gasteiger partial charge is 0.354 e. The molecule has 1 aliphatic rings. The molecule has 1 fully saturated rings. The summed E-state index contributed by atoms with van der Waals surface area (Å²) in [5.41, 5.74) is 3.81. The van der Waals surface area contributed by atoms with Gasteiger partial charge >= 0.3 is 5.69 Å². The highest BCUT2D eigenvalue weighted by Crippen LogP contribution is 2.26. The number of nitrogens with zero attached hydrogens (tertiary/aromatic N) is 3. The number of hydrogen-bond acceptors (Lipinski definition) is 7. The first kappa shape index (κ1) is 5.21. The second kappa shape index (κ2) is 4.16. The van der Waals surface area contributed by atoms with Gasteiger partial charge in [-0.05, 0) is 0 Å². The van der Waals surface area contributed by atoms with Crippen molar-refractivity contribution in [3.63, 3.8) is 0 Å². The fraction of sp³-hybridized carbons (Fsp3) is 0.625. The van der Waals surface area contributed by atoms with E-state index in [1.165, 1.54) is 0 Å². The molecule has 16 heavy (non-hydrogen) atoms. The van der Waals surface area contributed by atoms with Gasteiger partial charge in [-0.15, -0.1) is 0 Å². The third-order valence-corrected chi connectivity index (χ3v) is 1.68. The molecule has 0 saturated carbocycles. The van der Waals surface area contributed by atoms with Crippen molar-refractivity contribution < 1.29 is 24.5 Å². The van der Waals surface area contributed by atoms with Gasteiger partial charge in [0.1, 0.15) is 18.6 Å². The van der Waals surface area contributed by atoms with Crippen molar-refractivity contribution in [1.29, 1.82) is 0 Å². The molecular formula is C8H12N4O4.